The minimum atomic E-state index is -0.385. The van der Waals surface area contributed by atoms with Crippen LogP contribution in [-0.4, -0.2) is 19.8 Å². The second-order valence-corrected chi connectivity index (χ2v) is 4.25. The molecule has 1 N–H and O–H groups in total. The lowest BCUT2D eigenvalue weighted by atomic mass is 10.1. The number of ether oxygens (including phenoxy) is 1. The van der Waals surface area contributed by atoms with Crippen molar-refractivity contribution >= 4 is 11.6 Å². The average Bonchev–Trinajstić information content (AvgIpc) is 2.33. The second kappa shape index (κ2) is 7.64. The van der Waals surface area contributed by atoms with Crippen molar-refractivity contribution in [3.63, 3.8) is 0 Å². The molecule has 0 fully saturated rings. The molecule has 1 aromatic rings. The molecule has 0 aliphatic rings. The highest BCUT2D eigenvalue weighted by Crippen LogP contribution is 2.20. The van der Waals surface area contributed by atoms with E-state index in [1.54, 1.807) is 6.07 Å². The van der Waals surface area contributed by atoms with Gasteiger partial charge in [-0.3, -0.25) is 0 Å². The van der Waals surface area contributed by atoms with Crippen LogP contribution in [0.5, 0.6) is 0 Å². The van der Waals surface area contributed by atoms with Crippen LogP contribution in [0.1, 0.15) is 31.9 Å². The highest BCUT2D eigenvalue weighted by molar-refractivity contribution is 6.30. The van der Waals surface area contributed by atoms with E-state index in [0.717, 1.165) is 18.5 Å². The number of rotatable bonds is 7. The van der Waals surface area contributed by atoms with E-state index in [9.17, 15) is 4.39 Å². The lowest BCUT2D eigenvalue weighted by Crippen LogP contribution is -2.26. The summed E-state index contributed by atoms with van der Waals surface area (Å²) in [5.74, 6) is -0.385. The molecule has 0 saturated heterocycles. The molecule has 1 rings (SSSR count). The molecule has 2 nitrogen and oxygen atoms in total. The van der Waals surface area contributed by atoms with Gasteiger partial charge in [-0.15, -0.1) is 0 Å². The maximum atomic E-state index is 13.4. The Kier molecular flexibility index (Phi) is 6.48. The first kappa shape index (κ1) is 14.4. The van der Waals surface area contributed by atoms with E-state index < -0.39 is 0 Å². The van der Waals surface area contributed by atoms with Crippen LogP contribution in [0.2, 0.25) is 5.02 Å². The summed E-state index contributed by atoms with van der Waals surface area (Å²) in [6.07, 6.45) is 1.03. The lowest BCUT2D eigenvalue weighted by molar-refractivity contribution is 0.123. The number of benzene rings is 1. The molecule has 96 valence electrons. The van der Waals surface area contributed by atoms with E-state index in [2.05, 4.69) is 12.2 Å². The van der Waals surface area contributed by atoms with Crippen LogP contribution in [-0.2, 0) is 4.74 Å². The summed E-state index contributed by atoms with van der Waals surface area (Å²) in [6, 6.07) is 4.90. The molecular weight excluding hydrogens is 241 g/mol. The van der Waals surface area contributed by atoms with E-state index in [0.29, 0.717) is 13.2 Å². The van der Waals surface area contributed by atoms with Crippen LogP contribution < -0.4 is 5.32 Å². The van der Waals surface area contributed by atoms with Gasteiger partial charge in [0.15, 0.2) is 0 Å². The summed E-state index contributed by atoms with van der Waals surface area (Å²) >= 11 is 5.67. The van der Waals surface area contributed by atoms with Crippen LogP contribution in [0.4, 0.5) is 4.39 Å². The fourth-order valence-corrected chi connectivity index (χ4v) is 1.67. The van der Waals surface area contributed by atoms with Gasteiger partial charge in [-0.25, -0.2) is 4.39 Å². The fraction of sp³-hybridized carbons (Fsp3) is 0.538. The first-order valence-corrected chi connectivity index (χ1v) is 6.32. The molecule has 4 heteroatoms. The largest absolute Gasteiger partial charge is 0.380 e. The van der Waals surface area contributed by atoms with Gasteiger partial charge < -0.3 is 10.1 Å². The molecule has 1 unspecified atom stereocenters. The Hall–Kier alpha value is -0.640. The molecule has 0 radical (unpaired) electrons. The highest BCUT2D eigenvalue weighted by atomic mass is 35.5. The molecule has 1 aromatic carbocycles. The predicted octanol–water partition coefficient (Wildman–Crippen LogP) is 3.56. The summed E-state index contributed by atoms with van der Waals surface area (Å²) < 4.78 is 18.8. The summed E-state index contributed by atoms with van der Waals surface area (Å²) in [7, 11) is 0. The van der Waals surface area contributed by atoms with Crippen molar-refractivity contribution in [1.29, 1.82) is 0 Å². The summed E-state index contributed by atoms with van der Waals surface area (Å²) in [6.45, 7) is 6.10. The van der Waals surface area contributed by atoms with Crippen LogP contribution in [0.25, 0.3) is 0 Å². The van der Waals surface area contributed by atoms with Crippen molar-refractivity contribution in [1.82, 2.24) is 5.32 Å². The third-order valence-electron chi connectivity index (χ3n) is 2.48. The van der Waals surface area contributed by atoms with E-state index >= 15 is 0 Å². The summed E-state index contributed by atoms with van der Waals surface area (Å²) in [5.41, 5.74) is 0.869. The highest BCUT2D eigenvalue weighted by Gasteiger charge is 2.12. The van der Waals surface area contributed by atoms with E-state index in [-0.39, 0.29) is 16.9 Å². The van der Waals surface area contributed by atoms with Crippen molar-refractivity contribution in [2.24, 2.45) is 0 Å². The molecule has 1 atom stereocenters. The first-order valence-electron chi connectivity index (χ1n) is 5.95. The Morgan fingerprint density at radius 1 is 1.41 bits per heavy atom. The number of halogens is 2. The molecule has 0 aliphatic carbocycles. The maximum Gasteiger partial charge on any atom is 0.142 e. The molecule has 0 bridgehead atoms. The fourth-order valence-electron chi connectivity index (χ4n) is 1.56. The molecule has 0 heterocycles. The first-order chi connectivity index (χ1) is 8.19. The maximum absolute atomic E-state index is 13.4. The van der Waals surface area contributed by atoms with Crippen LogP contribution in [0.15, 0.2) is 18.2 Å². The van der Waals surface area contributed by atoms with Crippen molar-refractivity contribution in [3.05, 3.63) is 34.6 Å². The number of hydrogen-bond donors (Lipinski definition) is 1. The van der Waals surface area contributed by atoms with Gasteiger partial charge in [0, 0.05) is 6.61 Å². The zero-order valence-electron chi connectivity index (χ0n) is 10.3. The minimum Gasteiger partial charge on any atom is -0.380 e. The third-order valence-corrected chi connectivity index (χ3v) is 2.78. The van der Waals surface area contributed by atoms with Gasteiger partial charge in [0.1, 0.15) is 5.82 Å². The summed E-state index contributed by atoms with van der Waals surface area (Å²) in [5, 5.41) is 3.48. The Labute approximate surface area is 107 Å². The Morgan fingerprint density at radius 2 is 2.18 bits per heavy atom. The van der Waals surface area contributed by atoms with Crippen molar-refractivity contribution in [3.8, 4) is 0 Å². The molecule has 0 saturated carbocycles. The zero-order chi connectivity index (χ0) is 12.7. The molecule has 17 heavy (non-hydrogen) atoms. The van der Waals surface area contributed by atoms with Gasteiger partial charge in [-0.05, 0) is 37.6 Å². The molecule has 0 aromatic heterocycles. The van der Waals surface area contributed by atoms with Crippen LogP contribution in [0.3, 0.4) is 0 Å². The molecule has 0 spiro atoms. The van der Waals surface area contributed by atoms with Crippen molar-refractivity contribution in [2.75, 3.05) is 19.8 Å². The smallest absolute Gasteiger partial charge is 0.142 e. The van der Waals surface area contributed by atoms with Gasteiger partial charge in [-0.2, -0.15) is 0 Å². The number of nitrogens with one attached hydrogen (secondary N) is 1. The third kappa shape index (κ3) is 4.62. The SMILES string of the molecule is CCCNC(COCC)c1ccc(Cl)c(F)c1. The zero-order valence-corrected chi connectivity index (χ0v) is 11.1. The van der Waals surface area contributed by atoms with E-state index in [1.165, 1.54) is 6.07 Å². The van der Waals surface area contributed by atoms with Gasteiger partial charge in [0.25, 0.3) is 0 Å². The van der Waals surface area contributed by atoms with E-state index in [4.69, 9.17) is 16.3 Å². The van der Waals surface area contributed by atoms with Crippen LogP contribution in [0, 0.1) is 5.82 Å². The second-order valence-electron chi connectivity index (χ2n) is 3.84. The van der Waals surface area contributed by atoms with Crippen molar-refractivity contribution in [2.45, 2.75) is 26.3 Å². The van der Waals surface area contributed by atoms with Crippen LogP contribution >= 0.6 is 11.6 Å². The van der Waals surface area contributed by atoms with Gasteiger partial charge in [-0.1, -0.05) is 24.6 Å². The minimum absolute atomic E-state index is 0.0154. The Balaban J connectivity index is 2.75. The Bertz CT molecular complexity index is 338. The van der Waals surface area contributed by atoms with Gasteiger partial charge in [0.2, 0.25) is 0 Å². The predicted molar refractivity (Wildman–Crippen MR) is 68.9 cm³/mol. The monoisotopic (exact) mass is 259 g/mol. The lowest BCUT2D eigenvalue weighted by Gasteiger charge is -2.19. The summed E-state index contributed by atoms with van der Waals surface area (Å²) in [4.78, 5) is 0. The van der Waals surface area contributed by atoms with E-state index in [1.807, 2.05) is 13.0 Å². The standard InChI is InChI=1S/C13H19ClFNO/c1-3-7-16-13(9-17-4-2)10-5-6-11(14)12(15)8-10/h5-6,8,13,16H,3-4,7,9H2,1-2H3. The quantitative estimate of drug-likeness (QED) is 0.809. The van der Waals surface area contributed by atoms with Crippen molar-refractivity contribution < 1.29 is 9.13 Å². The average molecular weight is 260 g/mol. The molecule has 0 amide bonds. The van der Waals surface area contributed by atoms with Gasteiger partial charge >= 0.3 is 0 Å². The topological polar surface area (TPSA) is 21.3 Å². The molecular formula is C13H19ClFNO. The normalized spacial score (nSPS) is 12.7. The number of hydrogen-bond acceptors (Lipinski definition) is 2. The Morgan fingerprint density at radius 3 is 2.76 bits per heavy atom. The molecule has 0 aliphatic heterocycles. The van der Waals surface area contributed by atoms with Gasteiger partial charge in [0.05, 0.1) is 17.7 Å².